The fourth-order valence-electron chi connectivity index (χ4n) is 3.42. The number of carbonyl (C=O) groups excluding carboxylic acids is 2. The van der Waals surface area contributed by atoms with Crippen LogP contribution in [0.3, 0.4) is 0 Å². The maximum atomic E-state index is 13.8. The van der Waals surface area contributed by atoms with Crippen LogP contribution in [0, 0.1) is 17.6 Å². The highest BCUT2D eigenvalue weighted by atomic mass is 19.1. The second-order valence-electron chi connectivity index (χ2n) is 6.54. The number of hydrogen-bond donors (Lipinski definition) is 1. The monoisotopic (exact) mass is 337 g/mol. The Kier molecular flexibility index (Phi) is 4.80. The lowest BCUT2D eigenvalue weighted by atomic mass is 10.1. The zero-order valence-electron chi connectivity index (χ0n) is 13.4. The molecule has 2 N–H and O–H groups in total. The molecule has 0 spiro atoms. The average molecular weight is 337 g/mol. The molecule has 7 heteroatoms. The first kappa shape index (κ1) is 16.8. The van der Waals surface area contributed by atoms with Crippen molar-refractivity contribution in [3.63, 3.8) is 0 Å². The van der Waals surface area contributed by atoms with E-state index in [1.54, 1.807) is 4.90 Å². The van der Waals surface area contributed by atoms with Gasteiger partial charge in [0.1, 0.15) is 11.6 Å². The largest absolute Gasteiger partial charge is 0.369 e. The molecule has 0 unspecified atom stereocenters. The molecule has 130 valence electrons. The van der Waals surface area contributed by atoms with E-state index in [0.717, 1.165) is 19.0 Å². The molecular formula is C17H21F2N3O2. The van der Waals surface area contributed by atoms with E-state index in [9.17, 15) is 18.4 Å². The van der Waals surface area contributed by atoms with Crippen molar-refractivity contribution in [3.8, 4) is 0 Å². The van der Waals surface area contributed by atoms with Gasteiger partial charge in [-0.2, -0.15) is 0 Å². The second kappa shape index (κ2) is 6.84. The predicted octanol–water partition coefficient (Wildman–Crippen LogP) is 1.09. The van der Waals surface area contributed by atoms with E-state index in [2.05, 4.69) is 0 Å². The molecule has 1 aliphatic heterocycles. The minimum Gasteiger partial charge on any atom is -0.369 e. The van der Waals surface area contributed by atoms with Crippen LogP contribution in [0.2, 0.25) is 0 Å². The minimum atomic E-state index is -0.609. The Bertz CT molecular complexity index is 653. The number of primary amides is 1. The quantitative estimate of drug-likeness (QED) is 0.894. The summed E-state index contributed by atoms with van der Waals surface area (Å²) in [5, 5.41) is 0. The molecular weight excluding hydrogens is 316 g/mol. The third-order valence-corrected chi connectivity index (χ3v) is 4.75. The van der Waals surface area contributed by atoms with Gasteiger partial charge < -0.3 is 10.6 Å². The Morgan fingerprint density at radius 1 is 1.17 bits per heavy atom. The summed E-state index contributed by atoms with van der Waals surface area (Å²) in [6.07, 6.45) is 1.38. The lowest BCUT2D eigenvalue weighted by molar-refractivity contribution is -0.132. The summed E-state index contributed by atoms with van der Waals surface area (Å²) in [7, 11) is 0. The topological polar surface area (TPSA) is 66.6 Å². The molecule has 1 saturated heterocycles. The second-order valence-corrected chi connectivity index (χ2v) is 6.54. The molecule has 1 aromatic rings. The summed E-state index contributed by atoms with van der Waals surface area (Å²) in [4.78, 5) is 27.4. The third-order valence-electron chi connectivity index (χ3n) is 4.75. The van der Waals surface area contributed by atoms with Crippen molar-refractivity contribution in [3.05, 3.63) is 35.4 Å². The fraction of sp³-hybridized carbons (Fsp3) is 0.529. The Balaban J connectivity index is 1.59. The first-order valence-electron chi connectivity index (χ1n) is 8.20. The van der Waals surface area contributed by atoms with Crippen molar-refractivity contribution < 1.29 is 18.4 Å². The maximum absolute atomic E-state index is 13.8. The number of halogens is 2. The van der Waals surface area contributed by atoms with Gasteiger partial charge in [-0.3, -0.25) is 14.5 Å². The first-order valence-corrected chi connectivity index (χ1v) is 8.20. The molecule has 1 aliphatic carbocycles. The standard InChI is InChI=1S/C17H21F2N3O2/c18-11-2-3-12(15(19)8-11)13-9-14(13)17(24)22-5-1-4-21(6-7-22)10-16(20)23/h2-3,8,13-14H,1,4-7,9-10H2,(H2,20,23)/t13-,14-/m0/s1. The normalized spacial score (nSPS) is 24.5. The van der Waals surface area contributed by atoms with Gasteiger partial charge in [-0.25, -0.2) is 8.78 Å². The van der Waals surface area contributed by atoms with Crippen molar-refractivity contribution in [2.75, 3.05) is 32.7 Å². The Hall–Kier alpha value is -2.02. The number of carbonyl (C=O) groups is 2. The predicted molar refractivity (Wildman–Crippen MR) is 84.0 cm³/mol. The molecule has 2 aliphatic rings. The number of hydrogen-bond acceptors (Lipinski definition) is 3. The van der Waals surface area contributed by atoms with Crippen LogP contribution in [-0.2, 0) is 9.59 Å². The van der Waals surface area contributed by atoms with E-state index in [1.165, 1.54) is 12.1 Å². The van der Waals surface area contributed by atoms with Crippen LogP contribution in [0.4, 0.5) is 8.78 Å². The maximum Gasteiger partial charge on any atom is 0.231 e. The number of nitrogens with two attached hydrogens (primary N) is 1. The van der Waals surface area contributed by atoms with E-state index >= 15 is 0 Å². The van der Waals surface area contributed by atoms with E-state index < -0.39 is 11.6 Å². The van der Waals surface area contributed by atoms with Gasteiger partial charge in [-0.05, 0) is 30.4 Å². The molecule has 2 atom stereocenters. The molecule has 24 heavy (non-hydrogen) atoms. The van der Waals surface area contributed by atoms with Crippen LogP contribution in [-0.4, -0.2) is 54.3 Å². The summed E-state index contributed by atoms with van der Waals surface area (Å²) >= 11 is 0. The molecule has 0 aromatic heterocycles. The van der Waals surface area contributed by atoms with Crippen LogP contribution in [0.25, 0.3) is 0 Å². The number of amides is 2. The number of rotatable bonds is 4. The number of benzene rings is 1. The average Bonchev–Trinajstić information content (AvgIpc) is 3.30. The van der Waals surface area contributed by atoms with Gasteiger partial charge in [-0.15, -0.1) is 0 Å². The molecule has 2 amide bonds. The van der Waals surface area contributed by atoms with Crippen LogP contribution >= 0.6 is 0 Å². The SMILES string of the molecule is NC(=O)CN1CCCN(C(=O)[C@H]2C[C@H]2c2ccc(F)cc2F)CC1. The van der Waals surface area contributed by atoms with Gasteiger partial charge in [0.15, 0.2) is 0 Å². The fourth-order valence-corrected chi connectivity index (χ4v) is 3.42. The smallest absolute Gasteiger partial charge is 0.231 e. The number of nitrogens with zero attached hydrogens (tertiary/aromatic N) is 2. The molecule has 3 rings (SSSR count). The zero-order valence-corrected chi connectivity index (χ0v) is 13.4. The molecule has 0 radical (unpaired) electrons. The highest BCUT2D eigenvalue weighted by molar-refractivity contribution is 5.83. The summed E-state index contributed by atoms with van der Waals surface area (Å²) in [5.74, 6) is -1.94. The van der Waals surface area contributed by atoms with Crippen molar-refractivity contribution in [1.82, 2.24) is 9.80 Å². The van der Waals surface area contributed by atoms with Crippen LogP contribution in [0.1, 0.15) is 24.3 Å². The van der Waals surface area contributed by atoms with Gasteiger partial charge in [0.25, 0.3) is 0 Å². The summed E-state index contributed by atoms with van der Waals surface area (Å²) in [5.41, 5.74) is 5.63. The van der Waals surface area contributed by atoms with Gasteiger partial charge in [-0.1, -0.05) is 6.07 Å². The third kappa shape index (κ3) is 3.72. The van der Waals surface area contributed by atoms with Crippen LogP contribution in [0.5, 0.6) is 0 Å². The van der Waals surface area contributed by atoms with E-state index in [-0.39, 0.29) is 30.2 Å². The molecule has 1 saturated carbocycles. The van der Waals surface area contributed by atoms with Gasteiger partial charge in [0.2, 0.25) is 11.8 Å². The lowest BCUT2D eigenvalue weighted by Crippen LogP contribution is -2.38. The summed E-state index contributed by atoms with van der Waals surface area (Å²) in [6.45, 7) is 2.71. The molecule has 2 fully saturated rings. The Morgan fingerprint density at radius 3 is 2.67 bits per heavy atom. The summed E-state index contributed by atoms with van der Waals surface area (Å²) < 4.78 is 26.8. The van der Waals surface area contributed by atoms with E-state index in [1.807, 2.05) is 4.90 Å². The highest BCUT2D eigenvalue weighted by Gasteiger charge is 2.47. The molecule has 1 aromatic carbocycles. The summed E-state index contributed by atoms with van der Waals surface area (Å²) in [6, 6.07) is 3.52. The Labute approximate surface area is 139 Å². The molecule has 1 heterocycles. The van der Waals surface area contributed by atoms with Crippen molar-refractivity contribution >= 4 is 11.8 Å². The van der Waals surface area contributed by atoms with Gasteiger partial charge >= 0.3 is 0 Å². The lowest BCUT2D eigenvalue weighted by Gasteiger charge is -2.21. The van der Waals surface area contributed by atoms with Gasteiger partial charge in [0, 0.05) is 38.2 Å². The Morgan fingerprint density at radius 2 is 1.96 bits per heavy atom. The van der Waals surface area contributed by atoms with Crippen LogP contribution in [0.15, 0.2) is 18.2 Å². The molecule has 0 bridgehead atoms. The van der Waals surface area contributed by atoms with E-state index in [4.69, 9.17) is 5.73 Å². The molecule has 5 nitrogen and oxygen atoms in total. The first-order chi connectivity index (χ1) is 11.5. The van der Waals surface area contributed by atoms with Crippen molar-refractivity contribution in [2.45, 2.75) is 18.8 Å². The van der Waals surface area contributed by atoms with Crippen LogP contribution < -0.4 is 5.73 Å². The zero-order chi connectivity index (χ0) is 17.3. The highest BCUT2D eigenvalue weighted by Crippen LogP contribution is 2.49. The van der Waals surface area contributed by atoms with Gasteiger partial charge in [0.05, 0.1) is 6.54 Å². The van der Waals surface area contributed by atoms with Crippen molar-refractivity contribution in [2.24, 2.45) is 11.7 Å². The van der Waals surface area contributed by atoms with E-state index in [0.29, 0.717) is 31.6 Å². The van der Waals surface area contributed by atoms with Crippen molar-refractivity contribution in [1.29, 1.82) is 0 Å². The minimum absolute atomic E-state index is 0.0182.